The van der Waals surface area contributed by atoms with Crippen molar-refractivity contribution in [2.45, 2.75) is 0 Å². The molecule has 4 nitrogen and oxygen atoms in total. The lowest BCUT2D eigenvalue weighted by Crippen LogP contribution is -2.18. The molecule has 3 N–H and O–H groups in total. The molecule has 0 aliphatic rings. The van der Waals surface area contributed by atoms with Gasteiger partial charge in [-0.3, -0.25) is 9.59 Å². The summed E-state index contributed by atoms with van der Waals surface area (Å²) >= 11 is 5.82. The van der Waals surface area contributed by atoms with Crippen molar-refractivity contribution in [1.29, 1.82) is 0 Å². The Morgan fingerprint density at radius 3 is 2.47 bits per heavy atom. The lowest BCUT2D eigenvalue weighted by molar-refractivity contribution is 0.100. The number of nitrogens with two attached hydrogens (primary N) is 1. The van der Waals surface area contributed by atoms with E-state index < -0.39 is 5.91 Å². The van der Waals surface area contributed by atoms with Crippen molar-refractivity contribution in [3.8, 4) is 0 Å². The van der Waals surface area contributed by atoms with E-state index in [0.717, 1.165) is 0 Å². The molecule has 0 radical (unpaired) electrons. The van der Waals surface area contributed by atoms with Gasteiger partial charge in [0.25, 0.3) is 11.8 Å². The Hall–Kier alpha value is -2.33. The van der Waals surface area contributed by atoms with E-state index in [1.54, 1.807) is 48.5 Å². The number of anilines is 1. The summed E-state index contributed by atoms with van der Waals surface area (Å²) in [5.41, 5.74) is 6.29. The van der Waals surface area contributed by atoms with E-state index in [9.17, 15) is 9.59 Å². The number of amides is 2. The molecule has 0 bridgehead atoms. The zero-order chi connectivity index (χ0) is 13.8. The van der Waals surface area contributed by atoms with Crippen LogP contribution in [0, 0.1) is 0 Å². The fraction of sp³-hybridized carbons (Fsp3) is 0. The van der Waals surface area contributed by atoms with Gasteiger partial charge in [-0.05, 0) is 30.3 Å². The average molecular weight is 275 g/mol. The fourth-order valence-electron chi connectivity index (χ4n) is 1.63. The number of hydrogen-bond donors (Lipinski definition) is 2. The van der Waals surface area contributed by atoms with Gasteiger partial charge < -0.3 is 11.1 Å². The minimum absolute atomic E-state index is 0.262. The first-order valence-electron chi connectivity index (χ1n) is 5.53. The standard InChI is InChI=1S/C14H11ClN2O2/c15-10-5-3-4-9(8-10)14(19)17-12-7-2-1-6-11(12)13(16)18/h1-8H,(H2,16,18)(H,17,19). The molecule has 0 atom stereocenters. The first-order chi connectivity index (χ1) is 9.08. The van der Waals surface area contributed by atoms with Gasteiger partial charge in [-0.2, -0.15) is 0 Å². The fourth-order valence-corrected chi connectivity index (χ4v) is 1.82. The maximum atomic E-state index is 12.0. The molecule has 0 aliphatic carbocycles. The molecule has 0 spiro atoms. The topological polar surface area (TPSA) is 72.2 Å². The Kier molecular flexibility index (Phi) is 3.82. The van der Waals surface area contributed by atoms with Crippen LogP contribution in [0.2, 0.25) is 5.02 Å². The van der Waals surface area contributed by atoms with Crippen LogP contribution in [0.25, 0.3) is 0 Å². The quantitative estimate of drug-likeness (QED) is 0.903. The molecule has 0 fully saturated rings. The van der Waals surface area contributed by atoms with Crippen molar-refractivity contribution >= 4 is 29.1 Å². The highest BCUT2D eigenvalue weighted by atomic mass is 35.5. The van der Waals surface area contributed by atoms with Crippen molar-refractivity contribution in [3.63, 3.8) is 0 Å². The van der Waals surface area contributed by atoms with E-state index >= 15 is 0 Å². The van der Waals surface area contributed by atoms with E-state index in [-0.39, 0.29) is 11.5 Å². The van der Waals surface area contributed by atoms with Crippen LogP contribution in [0.1, 0.15) is 20.7 Å². The van der Waals surface area contributed by atoms with E-state index in [4.69, 9.17) is 17.3 Å². The highest BCUT2D eigenvalue weighted by Crippen LogP contribution is 2.17. The maximum Gasteiger partial charge on any atom is 0.255 e. The Morgan fingerprint density at radius 2 is 1.79 bits per heavy atom. The largest absolute Gasteiger partial charge is 0.366 e. The summed E-state index contributed by atoms with van der Waals surface area (Å²) in [5, 5.41) is 3.11. The summed E-state index contributed by atoms with van der Waals surface area (Å²) in [5.74, 6) is -0.946. The number of carbonyl (C=O) groups is 2. The molecule has 2 aromatic rings. The van der Waals surface area contributed by atoms with Crippen LogP contribution in [0.5, 0.6) is 0 Å². The van der Waals surface area contributed by atoms with E-state index in [2.05, 4.69) is 5.32 Å². The molecule has 0 heterocycles. The summed E-state index contributed by atoms with van der Waals surface area (Å²) in [6, 6.07) is 13.1. The Balaban J connectivity index is 2.27. The molecular weight excluding hydrogens is 264 g/mol. The third kappa shape index (κ3) is 3.11. The van der Waals surface area contributed by atoms with Gasteiger partial charge in [0, 0.05) is 10.6 Å². The minimum Gasteiger partial charge on any atom is -0.366 e. The maximum absolute atomic E-state index is 12.0. The first-order valence-corrected chi connectivity index (χ1v) is 5.91. The summed E-state index contributed by atoms with van der Waals surface area (Å²) < 4.78 is 0. The van der Waals surface area contributed by atoms with Crippen LogP contribution in [0.15, 0.2) is 48.5 Å². The van der Waals surface area contributed by atoms with Crippen molar-refractivity contribution in [2.75, 3.05) is 5.32 Å². The van der Waals surface area contributed by atoms with Crippen LogP contribution < -0.4 is 11.1 Å². The van der Waals surface area contributed by atoms with Crippen LogP contribution in [-0.2, 0) is 0 Å². The van der Waals surface area contributed by atoms with Gasteiger partial charge in [0.15, 0.2) is 0 Å². The van der Waals surface area contributed by atoms with Crippen molar-refractivity contribution in [3.05, 3.63) is 64.7 Å². The van der Waals surface area contributed by atoms with Gasteiger partial charge in [-0.25, -0.2) is 0 Å². The highest BCUT2D eigenvalue weighted by molar-refractivity contribution is 6.31. The molecule has 2 aromatic carbocycles. The third-order valence-electron chi connectivity index (χ3n) is 2.53. The highest BCUT2D eigenvalue weighted by Gasteiger charge is 2.11. The van der Waals surface area contributed by atoms with Crippen molar-refractivity contribution < 1.29 is 9.59 Å². The SMILES string of the molecule is NC(=O)c1ccccc1NC(=O)c1cccc(Cl)c1. The number of hydrogen-bond acceptors (Lipinski definition) is 2. The van der Waals surface area contributed by atoms with Gasteiger partial charge >= 0.3 is 0 Å². The van der Waals surface area contributed by atoms with Gasteiger partial charge in [0.05, 0.1) is 11.3 Å². The number of benzene rings is 2. The molecule has 5 heteroatoms. The van der Waals surface area contributed by atoms with E-state index in [1.165, 1.54) is 0 Å². The van der Waals surface area contributed by atoms with Crippen LogP contribution in [0.3, 0.4) is 0 Å². The molecule has 0 saturated carbocycles. The summed E-state index contributed by atoms with van der Waals surface area (Å²) in [6.07, 6.45) is 0. The molecular formula is C14H11ClN2O2. The van der Waals surface area contributed by atoms with Gasteiger partial charge in [0.1, 0.15) is 0 Å². The summed E-state index contributed by atoms with van der Waals surface area (Å²) in [7, 11) is 0. The number of para-hydroxylation sites is 1. The van der Waals surface area contributed by atoms with Crippen molar-refractivity contribution in [1.82, 2.24) is 0 Å². The van der Waals surface area contributed by atoms with Gasteiger partial charge in [0.2, 0.25) is 0 Å². The number of nitrogens with one attached hydrogen (secondary N) is 1. The second-order valence-electron chi connectivity index (χ2n) is 3.87. The monoisotopic (exact) mass is 274 g/mol. The van der Waals surface area contributed by atoms with Crippen LogP contribution in [0.4, 0.5) is 5.69 Å². The predicted molar refractivity (Wildman–Crippen MR) is 74.4 cm³/mol. The van der Waals surface area contributed by atoms with E-state index in [0.29, 0.717) is 16.3 Å². The first kappa shape index (κ1) is 13.1. The summed E-state index contributed by atoms with van der Waals surface area (Å²) in [4.78, 5) is 23.3. The van der Waals surface area contributed by atoms with Crippen molar-refractivity contribution in [2.24, 2.45) is 5.73 Å². The number of rotatable bonds is 3. The molecule has 0 saturated heterocycles. The average Bonchev–Trinajstić information content (AvgIpc) is 2.39. The number of primary amides is 1. The Bertz CT molecular complexity index is 641. The summed E-state index contributed by atoms with van der Waals surface area (Å²) in [6.45, 7) is 0. The lowest BCUT2D eigenvalue weighted by atomic mass is 10.1. The van der Waals surface area contributed by atoms with Crippen LogP contribution in [-0.4, -0.2) is 11.8 Å². The van der Waals surface area contributed by atoms with E-state index in [1.807, 2.05) is 0 Å². The lowest BCUT2D eigenvalue weighted by Gasteiger charge is -2.08. The predicted octanol–water partition coefficient (Wildman–Crippen LogP) is 2.69. The molecule has 96 valence electrons. The minimum atomic E-state index is -0.595. The normalized spacial score (nSPS) is 9.95. The van der Waals surface area contributed by atoms with Gasteiger partial charge in [-0.1, -0.05) is 29.8 Å². The molecule has 2 rings (SSSR count). The van der Waals surface area contributed by atoms with Gasteiger partial charge in [-0.15, -0.1) is 0 Å². The molecule has 0 aromatic heterocycles. The molecule has 19 heavy (non-hydrogen) atoms. The third-order valence-corrected chi connectivity index (χ3v) is 2.76. The number of carbonyl (C=O) groups excluding carboxylic acids is 2. The van der Waals surface area contributed by atoms with Crippen LogP contribution >= 0.6 is 11.6 Å². The zero-order valence-corrected chi connectivity index (χ0v) is 10.6. The number of halogens is 1. The Morgan fingerprint density at radius 1 is 1.05 bits per heavy atom. The second-order valence-corrected chi connectivity index (χ2v) is 4.31. The Labute approximate surface area is 115 Å². The second kappa shape index (κ2) is 5.54. The zero-order valence-electron chi connectivity index (χ0n) is 9.89. The molecule has 2 amide bonds. The smallest absolute Gasteiger partial charge is 0.255 e. The molecule has 0 aliphatic heterocycles. The molecule has 0 unspecified atom stereocenters.